The maximum Gasteiger partial charge on any atom is 0.222 e. The lowest BCUT2D eigenvalue weighted by Gasteiger charge is -2.12. The van der Waals surface area contributed by atoms with Crippen molar-refractivity contribution < 1.29 is 15.2 Å². The summed E-state index contributed by atoms with van der Waals surface area (Å²) < 4.78 is 5.51. The van der Waals surface area contributed by atoms with Crippen molar-refractivity contribution in [1.82, 2.24) is 9.97 Å². The number of anilines is 1. The highest BCUT2D eigenvalue weighted by Gasteiger charge is 2.08. The number of aliphatic hydroxyl groups is 1. The summed E-state index contributed by atoms with van der Waals surface area (Å²) in [6.07, 6.45) is 5.21. The maximum absolute atomic E-state index is 9.97. The molecule has 0 saturated heterocycles. The van der Waals surface area contributed by atoms with Crippen LogP contribution in [0.25, 0.3) is 0 Å². The molecular weight excluding hydrogens is 375 g/mol. The van der Waals surface area contributed by atoms with Crippen molar-refractivity contribution >= 4 is 29.2 Å². The van der Waals surface area contributed by atoms with Crippen molar-refractivity contribution in [3.8, 4) is 5.75 Å². The number of nitrogens with two attached hydrogens (primary N) is 1. The first-order chi connectivity index (χ1) is 12.6. The third-order valence-corrected chi connectivity index (χ3v) is 4.39. The standard InChI is InChI=1S/C18H24Cl2N4O2/c1-2-3-13-9-23-18(24-10-13)22-7-6-21-11-14(25)12-26-15-4-5-16(19)17(20)8-15/h4-5,8-10,14,21,25H,2-3,6-7,11-12H2,1H3,(H,22,23,24)/p+1/t14-/m0/s1. The minimum Gasteiger partial charge on any atom is -0.491 e. The van der Waals surface area contributed by atoms with Gasteiger partial charge in [-0.05, 0) is 24.1 Å². The van der Waals surface area contributed by atoms with Crippen LogP contribution in [-0.4, -0.2) is 47.4 Å². The van der Waals surface area contributed by atoms with E-state index in [0.717, 1.165) is 24.9 Å². The Balaban J connectivity index is 1.58. The molecule has 1 aromatic heterocycles. The van der Waals surface area contributed by atoms with E-state index in [4.69, 9.17) is 27.9 Å². The number of rotatable bonds is 11. The molecular formula is C18H25Cl2N4O2+. The molecule has 0 saturated carbocycles. The first-order valence-corrected chi connectivity index (χ1v) is 9.46. The molecule has 4 N–H and O–H groups in total. The second kappa shape index (κ2) is 11.2. The molecule has 0 bridgehead atoms. The van der Waals surface area contributed by atoms with E-state index in [2.05, 4.69) is 22.2 Å². The lowest BCUT2D eigenvalue weighted by atomic mass is 10.2. The number of halogens is 2. The molecule has 0 unspecified atom stereocenters. The SMILES string of the molecule is CCCc1cnc(NCC[NH2+]C[C@H](O)COc2ccc(Cl)c(Cl)c2)nc1. The van der Waals surface area contributed by atoms with E-state index >= 15 is 0 Å². The van der Waals surface area contributed by atoms with E-state index in [-0.39, 0.29) is 6.61 Å². The van der Waals surface area contributed by atoms with Crippen LogP contribution < -0.4 is 15.4 Å². The Morgan fingerprint density at radius 1 is 1.23 bits per heavy atom. The Labute approximate surface area is 163 Å². The second-order valence-electron chi connectivity index (χ2n) is 5.95. The van der Waals surface area contributed by atoms with Crippen LogP contribution in [0.5, 0.6) is 5.75 Å². The third kappa shape index (κ3) is 7.33. The van der Waals surface area contributed by atoms with Gasteiger partial charge in [0.15, 0.2) is 0 Å². The minimum atomic E-state index is -0.575. The average Bonchev–Trinajstić information content (AvgIpc) is 2.64. The number of hydrogen-bond acceptors (Lipinski definition) is 5. The highest BCUT2D eigenvalue weighted by molar-refractivity contribution is 6.42. The molecule has 26 heavy (non-hydrogen) atoms. The Morgan fingerprint density at radius 2 is 2.00 bits per heavy atom. The summed E-state index contributed by atoms with van der Waals surface area (Å²) in [5.41, 5.74) is 1.15. The molecule has 142 valence electrons. The van der Waals surface area contributed by atoms with Crippen molar-refractivity contribution in [3.63, 3.8) is 0 Å². The first kappa shape index (κ1) is 20.7. The lowest BCUT2D eigenvalue weighted by Crippen LogP contribution is -2.87. The number of benzene rings is 1. The Hall–Kier alpha value is -1.60. The summed E-state index contributed by atoms with van der Waals surface area (Å²) in [5.74, 6) is 1.21. The van der Waals surface area contributed by atoms with Gasteiger partial charge in [-0.3, -0.25) is 0 Å². The number of aliphatic hydroxyl groups excluding tert-OH is 1. The van der Waals surface area contributed by atoms with Gasteiger partial charge in [0.1, 0.15) is 25.0 Å². The highest BCUT2D eigenvalue weighted by Crippen LogP contribution is 2.26. The van der Waals surface area contributed by atoms with Gasteiger partial charge in [-0.15, -0.1) is 0 Å². The number of aromatic nitrogens is 2. The zero-order chi connectivity index (χ0) is 18.8. The summed E-state index contributed by atoms with van der Waals surface area (Å²) in [5, 5.41) is 16.1. The fourth-order valence-corrected chi connectivity index (χ4v) is 2.58. The molecule has 8 heteroatoms. The van der Waals surface area contributed by atoms with Crippen LogP contribution in [0.3, 0.4) is 0 Å². The zero-order valence-electron chi connectivity index (χ0n) is 14.8. The van der Waals surface area contributed by atoms with Crippen LogP contribution in [0.2, 0.25) is 10.0 Å². The van der Waals surface area contributed by atoms with Gasteiger partial charge in [0, 0.05) is 18.5 Å². The molecule has 0 aliphatic carbocycles. The predicted molar refractivity (Wildman–Crippen MR) is 104 cm³/mol. The summed E-state index contributed by atoms with van der Waals surface area (Å²) >= 11 is 11.8. The van der Waals surface area contributed by atoms with Gasteiger partial charge in [-0.2, -0.15) is 0 Å². The van der Waals surface area contributed by atoms with Crippen molar-refractivity contribution in [2.45, 2.75) is 25.9 Å². The Bertz CT molecular complexity index is 671. The normalized spacial score (nSPS) is 12.0. The van der Waals surface area contributed by atoms with E-state index < -0.39 is 6.10 Å². The van der Waals surface area contributed by atoms with Gasteiger partial charge < -0.3 is 20.5 Å². The second-order valence-corrected chi connectivity index (χ2v) is 6.76. The molecule has 2 aromatic rings. The van der Waals surface area contributed by atoms with Crippen LogP contribution >= 0.6 is 23.2 Å². The lowest BCUT2D eigenvalue weighted by molar-refractivity contribution is -0.658. The van der Waals surface area contributed by atoms with Crippen molar-refractivity contribution in [2.24, 2.45) is 0 Å². The van der Waals surface area contributed by atoms with Gasteiger partial charge in [0.05, 0.1) is 23.1 Å². The molecule has 2 rings (SSSR count). The van der Waals surface area contributed by atoms with Crippen LogP contribution in [0.1, 0.15) is 18.9 Å². The van der Waals surface area contributed by atoms with Crippen LogP contribution in [0.4, 0.5) is 5.95 Å². The van der Waals surface area contributed by atoms with Gasteiger partial charge in [-0.1, -0.05) is 36.5 Å². The maximum atomic E-state index is 9.97. The minimum absolute atomic E-state index is 0.198. The number of ether oxygens (including phenoxy) is 1. The van der Waals surface area contributed by atoms with Crippen LogP contribution in [0, 0.1) is 0 Å². The zero-order valence-corrected chi connectivity index (χ0v) is 16.3. The fraction of sp³-hybridized carbons (Fsp3) is 0.444. The van der Waals surface area contributed by atoms with Gasteiger partial charge in [-0.25, -0.2) is 9.97 Å². The molecule has 1 heterocycles. The van der Waals surface area contributed by atoms with E-state index in [9.17, 15) is 5.11 Å². The van der Waals surface area contributed by atoms with Crippen molar-refractivity contribution in [2.75, 3.05) is 31.6 Å². The third-order valence-electron chi connectivity index (χ3n) is 3.65. The molecule has 1 aromatic carbocycles. The number of hydrogen-bond donors (Lipinski definition) is 3. The molecule has 0 amide bonds. The van der Waals surface area contributed by atoms with Crippen molar-refractivity contribution in [1.29, 1.82) is 0 Å². The van der Waals surface area contributed by atoms with Crippen molar-refractivity contribution in [3.05, 3.63) is 46.2 Å². The van der Waals surface area contributed by atoms with E-state index in [1.54, 1.807) is 18.2 Å². The summed E-state index contributed by atoms with van der Waals surface area (Å²) in [6, 6.07) is 5.02. The number of quaternary nitrogens is 1. The molecule has 0 radical (unpaired) electrons. The summed E-state index contributed by atoms with van der Waals surface area (Å²) in [4.78, 5) is 8.56. The molecule has 0 spiro atoms. The molecule has 0 aliphatic heterocycles. The molecule has 0 aliphatic rings. The number of nitrogens with one attached hydrogen (secondary N) is 1. The Kier molecular flexibility index (Phi) is 8.91. The van der Waals surface area contributed by atoms with Crippen LogP contribution in [-0.2, 0) is 6.42 Å². The molecule has 0 fully saturated rings. The van der Waals surface area contributed by atoms with E-state index in [1.165, 1.54) is 0 Å². The van der Waals surface area contributed by atoms with Gasteiger partial charge in [0.25, 0.3) is 0 Å². The topological polar surface area (TPSA) is 83.9 Å². The smallest absolute Gasteiger partial charge is 0.222 e. The molecule has 6 nitrogen and oxygen atoms in total. The number of nitrogens with zero attached hydrogens (tertiary/aromatic N) is 2. The van der Waals surface area contributed by atoms with Crippen LogP contribution in [0.15, 0.2) is 30.6 Å². The first-order valence-electron chi connectivity index (χ1n) is 8.71. The number of aryl methyl sites for hydroxylation is 1. The van der Waals surface area contributed by atoms with Gasteiger partial charge in [0.2, 0.25) is 5.95 Å². The highest BCUT2D eigenvalue weighted by atomic mass is 35.5. The Morgan fingerprint density at radius 3 is 2.69 bits per heavy atom. The predicted octanol–water partition coefficient (Wildman–Crippen LogP) is 2.15. The molecule has 1 atom stereocenters. The van der Waals surface area contributed by atoms with Gasteiger partial charge >= 0.3 is 0 Å². The summed E-state index contributed by atoms with van der Waals surface area (Å²) in [6.45, 7) is 4.38. The van der Waals surface area contributed by atoms with E-state index in [1.807, 2.05) is 17.7 Å². The quantitative estimate of drug-likeness (QED) is 0.504. The van der Waals surface area contributed by atoms with E-state index in [0.29, 0.717) is 34.8 Å². The monoisotopic (exact) mass is 399 g/mol. The fourth-order valence-electron chi connectivity index (χ4n) is 2.29. The summed E-state index contributed by atoms with van der Waals surface area (Å²) in [7, 11) is 0. The average molecular weight is 400 g/mol. The largest absolute Gasteiger partial charge is 0.491 e.